The monoisotopic (exact) mass is 435 g/mol. The van der Waals surface area contributed by atoms with Gasteiger partial charge in [-0.1, -0.05) is 11.6 Å². The van der Waals surface area contributed by atoms with Crippen molar-refractivity contribution in [3.05, 3.63) is 45.6 Å². The molecule has 1 fully saturated rings. The lowest BCUT2D eigenvalue weighted by Gasteiger charge is -2.25. The summed E-state index contributed by atoms with van der Waals surface area (Å²) >= 11 is 7.03. The van der Waals surface area contributed by atoms with Gasteiger partial charge in [-0.25, -0.2) is 0 Å². The van der Waals surface area contributed by atoms with Crippen LogP contribution in [-0.2, 0) is 14.3 Å². The van der Waals surface area contributed by atoms with Gasteiger partial charge in [0, 0.05) is 37.3 Å². The van der Waals surface area contributed by atoms with E-state index in [1.54, 1.807) is 36.4 Å². The normalized spacial score (nSPS) is 14.4. The number of ether oxygens (including phenoxy) is 1. The molecule has 154 valence electrons. The van der Waals surface area contributed by atoms with E-state index < -0.39 is 0 Å². The fourth-order valence-electron chi connectivity index (χ4n) is 2.84. The zero-order chi connectivity index (χ0) is 20.6. The third-order valence-electron chi connectivity index (χ3n) is 4.35. The molecule has 1 aliphatic rings. The molecule has 0 unspecified atom stereocenters. The maximum absolute atomic E-state index is 12.1. The summed E-state index contributed by atoms with van der Waals surface area (Å²) in [7, 11) is 0. The van der Waals surface area contributed by atoms with Crippen LogP contribution in [0, 0.1) is 0 Å². The predicted octanol–water partition coefficient (Wildman–Crippen LogP) is 3.27. The first kappa shape index (κ1) is 21.4. The Labute approximate surface area is 178 Å². The van der Waals surface area contributed by atoms with Crippen molar-refractivity contribution in [2.75, 3.05) is 43.5 Å². The van der Waals surface area contributed by atoms with Crippen LogP contribution in [0.5, 0.6) is 0 Å². The Morgan fingerprint density at radius 2 is 1.55 bits per heavy atom. The number of thiophene rings is 1. The molecule has 0 spiro atoms. The van der Waals surface area contributed by atoms with Crippen LogP contribution in [0.2, 0.25) is 4.34 Å². The van der Waals surface area contributed by atoms with E-state index in [0.717, 1.165) is 13.1 Å². The van der Waals surface area contributed by atoms with Gasteiger partial charge in [0.1, 0.15) is 0 Å². The van der Waals surface area contributed by atoms with Crippen molar-refractivity contribution in [3.63, 3.8) is 0 Å². The molecule has 2 N–H and O–H groups in total. The number of ketones is 1. The molecule has 2 heterocycles. The molecular formula is C20H22ClN3O4S. The Hall–Kier alpha value is -2.26. The summed E-state index contributed by atoms with van der Waals surface area (Å²) in [6.07, 6.45) is 0.213. The molecule has 1 aromatic heterocycles. The SMILES string of the molecule is O=C(CCC(=O)c1ccc(Cl)s1)Nc1ccc(NC(=O)CN2CCOCC2)cc1. The number of hydrogen-bond acceptors (Lipinski definition) is 6. The number of amides is 2. The molecule has 0 aliphatic carbocycles. The molecule has 1 saturated heterocycles. The minimum absolute atomic E-state index is 0.0871. The lowest BCUT2D eigenvalue weighted by Crippen LogP contribution is -2.41. The smallest absolute Gasteiger partial charge is 0.238 e. The van der Waals surface area contributed by atoms with E-state index >= 15 is 0 Å². The number of morpholine rings is 1. The zero-order valence-electron chi connectivity index (χ0n) is 15.8. The highest BCUT2D eigenvalue weighted by molar-refractivity contribution is 7.18. The highest BCUT2D eigenvalue weighted by Crippen LogP contribution is 2.23. The number of halogens is 1. The van der Waals surface area contributed by atoms with Gasteiger partial charge >= 0.3 is 0 Å². The van der Waals surface area contributed by atoms with Gasteiger partial charge in [-0.15, -0.1) is 11.3 Å². The number of carbonyl (C=O) groups is 3. The van der Waals surface area contributed by atoms with Crippen LogP contribution in [-0.4, -0.2) is 55.3 Å². The number of benzene rings is 1. The second-order valence-electron chi connectivity index (χ2n) is 6.59. The van der Waals surface area contributed by atoms with Crippen molar-refractivity contribution in [1.82, 2.24) is 4.90 Å². The summed E-state index contributed by atoms with van der Waals surface area (Å²) in [6, 6.07) is 10.2. The van der Waals surface area contributed by atoms with Crippen LogP contribution in [0.3, 0.4) is 0 Å². The van der Waals surface area contributed by atoms with E-state index in [1.165, 1.54) is 11.3 Å². The Morgan fingerprint density at radius 1 is 0.931 bits per heavy atom. The van der Waals surface area contributed by atoms with Gasteiger partial charge in [0.15, 0.2) is 5.78 Å². The van der Waals surface area contributed by atoms with E-state index in [4.69, 9.17) is 16.3 Å². The summed E-state index contributed by atoms with van der Waals surface area (Å²) in [5.41, 5.74) is 1.26. The molecular weight excluding hydrogens is 414 g/mol. The topological polar surface area (TPSA) is 87.7 Å². The lowest BCUT2D eigenvalue weighted by molar-refractivity contribution is -0.118. The molecule has 1 aromatic carbocycles. The maximum atomic E-state index is 12.1. The summed E-state index contributed by atoms with van der Waals surface area (Å²) in [6.45, 7) is 3.12. The van der Waals surface area contributed by atoms with Crippen LogP contribution in [0.1, 0.15) is 22.5 Å². The molecule has 9 heteroatoms. The van der Waals surface area contributed by atoms with E-state index in [1.807, 2.05) is 4.90 Å². The van der Waals surface area contributed by atoms with Crippen LogP contribution in [0.15, 0.2) is 36.4 Å². The highest BCUT2D eigenvalue weighted by Gasteiger charge is 2.14. The van der Waals surface area contributed by atoms with Gasteiger partial charge in [-0.2, -0.15) is 0 Å². The summed E-state index contributed by atoms with van der Waals surface area (Å²) < 4.78 is 5.82. The molecule has 0 saturated carbocycles. The first-order valence-electron chi connectivity index (χ1n) is 9.28. The minimum atomic E-state index is -0.245. The molecule has 2 aromatic rings. The van der Waals surface area contributed by atoms with E-state index in [9.17, 15) is 14.4 Å². The zero-order valence-corrected chi connectivity index (χ0v) is 17.4. The Morgan fingerprint density at radius 3 is 2.14 bits per heavy atom. The van der Waals surface area contributed by atoms with Gasteiger partial charge < -0.3 is 15.4 Å². The Kier molecular flexibility index (Phi) is 7.76. The maximum Gasteiger partial charge on any atom is 0.238 e. The van der Waals surface area contributed by atoms with E-state index in [-0.39, 0.29) is 30.4 Å². The average Bonchev–Trinajstić information content (AvgIpc) is 3.15. The van der Waals surface area contributed by atoms with Gasteiger partial charge in [0.05, 0.1) is 29.0 Å². The molecule has 0 atom stereocenters. The second-order valence-corrected chi connectivity index (χ2v) is 8.30. The van der Waals surface area contributed by atoms with Crippen molar-refractivity contribution < 1.29 is 19.1 Å². The number of carbonyl (C=O) groups excluding carboxylic acids is 3. The van der Waals surface area contributed by atoms with Crippen LogP contribution in [0.4, 0.5) is 11.4 Å². The van der Waals surface area contributed by atoms with E-state index in [0.29, 0.717) is 40.3 Å². The van der Waals surface area contributed by atoms with Crippen LogP contribution in [0.25, 0.3) is 0 Å². The van der Waals surface area contributed by atoms with E-state index in [2.05, 4.69) is 10.6 Å². The molecule has 29 heavy (non-hydrogen) atoms. The fourth-order valence-corrected chi connectivity index (χ4v) is 3.85. The number of anilines is 2. The Balaban J connectivity index is 1.41. The average molecular weight is 436 g/mol. The summed E-state index contributed by atoms with van der Waals surface area (Å²) in [5, 5.41) is 5.59. The van der Waals surface area contributed by atoms with Crippen LogP contribution < -0.4 is 10.6 Å². The molecule has 7 nitrogen and oxygen atoms in total. The number of hydrogen-bond donors (Lipinski definition) is 2. The van der Waals surface area contributed by atoms with Crippen LogP contribution >= 0.6 is 22.9 Å². The number of rotatable bonds is 8. The first-order valence-corrected chi connectivity index (χ1v) is 10.5. The molecule has 2 amide bonds. The molecule has 0 bridgehead atoms. The molecule has 3 rings (SSSR count). The second kappa shape index (κ2) is 10.5. The summed E-state index contributed by atoms with van der Waals surface area (Å²) in [4.78, 5) is 38.8. The van der Waals surface area contributed by atoms with Gasteiger partial charge in [0.25, 0.3) is 0 Å². The van der Waals surface area contributed by atoms with Gasteiger partial charge in [0.2, 0.25) is 11.8 Å². The lowest BCUT2D eigenvalue weighted by atomic mass is 10.2. The van der Waals surface area contributed by atoms with Crippen molar-refractivity contribution >= 4 is 51.9 Å². The van der Waals surface area contributed by atoms with Crippen molar-refractivity contribution in [1.29, 1.82) is 0 Å². The highest BCUT2D eigenvalue weighted by atomic mass is 35.5. The summed E-state index contributed by atoms with van der Waals surface area (Å²) in [5.74, 6) is -0.434. The largest absolute Gasteiger partial charge is 0.379 e. The van der Waals surface area contributed by atoms with Crippen molar-refractivity contribution in [2.24, 2.45) is 0 Å². The predicted molar refractivity (Wildman–Crippen MR) is 114 cm³/mol. The number of nitrogens with one attached hydrogen (secondary N) is 2. The standard InChI is InChI=1S/C20H22ClN3O4S/c21-18-7-6-17(29-18)16(25)5-8-19(26)22-14-1-3-15(4-2-14)23-20(27)13-24-9-11-28-12-10-24/h1-4,6-7H,5,8-13H2,(H,22,26)(H,23,27). The van der Waals surface area contributed by atoms with Gasteiger partial charge in [-0.3, -0.25) is 19.3 Å². The number of nitrogens with zero attached hydrogens (tertiary/aromatic N) is 1. The van der Waals surface area contributed by atoms with Crippen molar-refractivity contribution in [2.45, 2.75) is 12.8 Å². The molecule has 1 aliphatic heterocycles. The Bertz CT molecular complexity index is 863. The van der Waals surface area contributed by atoms with Crippen molar-refractivity contribution in [3.8, 4) is 0 Å². The fraction of sp³-hybridized carbons (Fsp3) is 0.350. The van der Waals surface area contributed by atoms with Gasteiger partial charge in [-0.05, 0) is 36.4 Å². The number of Topliss-reactive ketones (excluding diaryl/α,β-unsaturated/α-hetero) is 1. The third-order valence-corrected chi connectivity index (χ3v) is 5.62. The first-order chi connectivity index (χ1) is 14.0. The third kappa shape index (κ3) is 6.93. The molecule has 0 radical (unpaired) electrons. The quantitative estimate of drug-likeness (QED) is 0.621. The minimum Gasteiger partial charge on any atom is -0.379 e.